The van der Waals surface area contributed by atoms with Gasteiger partial charge in [-0.3, -0.25) is 4.79 Å². The van der Waals surface area contributed by atoms with Gasteiger partial charge in [0.1, 0.15) is 6.04 Å². The van der Waals surface area contributed by atoms with Crippen molar-refractivity contribution in [2.75, 3.05) is 24.7 Å². The minimum absolute atomic E-state index is 0.296. The van der Waals surface area contributed by atoms with E-state index in [4.69, 9.17) is 27.8 Å². The molecule has 0 spiro atoms. The molecular weight excluding hydrogens is 254 g/mol. The Kier molecular flexibility index (Phi) is 4.06. The number of benzene rings is 1. The number of nitrogens with zero attached hydrogens (tertiary/aromatic N) is 1. The minimum atomic E-state index is -0.472. The second kappa shape index (κ2) is 5.56. The number of carbonyl (C=O) groups excluding carboxylic acids is 1. The average Bonchev–Trinajstić information content (AvgIpc) is 2.38. The quantitative estimate of drug-likeness (QED) is 0.837. The molecule has 0 aromatic heterocycles. The van der Waals surface area contributed by atoms with Crippen molar-refractivity contribution < 1.29 is 9.53 Å². The molecule has 1 saturated heterocycles. The Morgan fingerprint density at radius 1 is 1.56 bits per heavy atom. The Labute approximate surface area is 111 Å². The topological polar surface area (TPSA) is 81.6 Å². The molecule has 0 radical (unpaired) electrons. The van der Waals surface area contributed by atoms with Gasteiger partial charge in [0.05, 0.1) is 23.9 Å². The first-order valence-electron chi connectivity index (χ1n) is 5.75. The van der Waals surface area contributed by atoms with Crippen LogP contribution in [0.15, 0.2) is 18.2 Å². The SMILES string of the molecule is NCc1ccc(N2CCOCC2C(N)=O)c(Cl)c1. The number of anilines is 1. The number of nitrogens with two attached hydrogens (primary N) is 2. The van der Waals surface area contributed by atoms with Crippen molar-refractivity contribution in [2.24, 2.45) is 11.5 Å². The van der Waals surface area contributed by atoms with Crippen molar-refractivity contribution in [3.8, 4) is 0 Å². The zero-order chi connectivity index (χ0) is 13.1. The summed E-state index contributed by atoms with van der Waals surface area (Å²) in [4.78, 5) is 13.3. The van der Waals surface area contributed by atoms with Crippen LogP contribution in [0.1, 0.15) is 5.56 Å². The molecule has 0 bridgehead atoms. The average molecular weight is 270 g/mol. The molecule has 1 aromatic rings. The molecule has 1 atom stereocenters. The lowest BCUT2D eigenvalue weighted by atomic mass is 10.1. The molecule has 1 aliphatic heterocycles. The number of morpholine rings is 1. The predicted molar refractivity (Wildman–Crippen MR) is 70.5 cm³/mol. The summed E-state index contributed by atoms with van der Waals surface area (Å²) in [5.74, 6) is -0.409. The molecule has 18 heavy (non-hydrogen) atoms. The molecule has 1 fully saturated rings. The Morgan fingerprint density at radius 3 is 2.94 bits per heavy atom. The van der Waals surface area contributed by atoms with Crippen molar-refractivity contribution >= 4 is 23.2 Å². The lowest BCUT2D eigenvalue weighted by Gasteiger charge is -2.35. The van der Waals surface area contributed by atoms with Gasteiger partial charge in [0, 0.05) is 13.1 Å². The first-order valence-corrected chi connectivity index (χ1v) is 6.13. The van der Waals surface area contributed by atoms with E-state index in [9.17, 15) is 4.79 Å². The monoisotopic (exact) mass is 269 g/mol. The molecule has 1 unspecified atom stereocenters. The lowest BCUT2D eigenvalue weighted by molar-refractivity contribution is -0.121. The molecule has 1 heterocycles. The highest BCUT2D eigenvalue weighted by molar-refractivity contribution is 6.33. The minimum Gasteiger partial charge on any atom is -0.377 e. The van der Waals surface area contributed by atoms with Gasteiger partial charge in [-0.15, -0.1) is 0 Å². The smallest absolute Gasteiger partial charge is 0.242 e. The summed E-state index contributed by atoms with van der Waals surface area (Å²) in [5.41, 5.74) is 12.7. The van der Waals surface area contributed by atoms with Gasteiger partial charge >= 0.3 is 0 Å². The molecule has 98 valence electrons. The number of hydrogen-bond acceptors (Lipinski definition) is 4. The molecule has 5 nitrogen and oxygen atoms in total. The van der Waals surface area contributed by atoms with Gasteiger partial charge in [-0.1, -0.05) is 17.7 Å². The van der Waals surface area contributed by atoms with Crippen molar-refractivity contribution in [3.05, 3.63) is 28.8 Å². The van der Waals surface area contributed by atoms with Crippen LogP contribution in [-0.4, -0.2) is 31.7 Å². The van der Waals surface area contributed by atoms with E-state index in [2.05, 4.69) is 0 Å². The molecular formula is C12H16ClN3O2. The highest BCUT2D eigenvalue weighted by Crippen LogP contribution is 2.29. The molecule has 6 heteroatoms. The first kappa shape index (κ1) is 13.1. The zero-order valence-corrected chi connectivity index (χ0v) is 10.7. The summed E-state index contributed by atoms with van der Waals surface area (Å²) < 4.78 is 5.27. The maximum atomic E-state index is 11.4. The van der Waals surface area contributed by atoms with E-state index in [1.54, 1.807) is 0 Å². The van der Waals surface area contributed by atoms with Gasteiger partial charge in [0.25, 0.3) is 0 Å². The molecule has 2 rings (SSSR count). The van der Waals surface area contributed by atoms with Crippen LogP contribution in [0, 0.1) is 0 Å². The zero-order valence-electron chi connectivity index (χ0n) is 9.93. The van der Waals surface area contributed by atoms with Crippen molar-refractivity contribution in [2.45, 2.75) is 12.6 Å². The molecule has 1 aromatic carbocycles. The van der Waals surface area contributed by atoms with E-state index in [1.165, 1.54) is 0 Å². The highest BCUT2D eigenvalue weighted by Gasteiger charge is 2.29. The van der Waals surface area contributed by atoms with Crippen LogP contribution < -0.4 is 16.4 Å². The van der Waals surface area contributed by atoms with Gasteiger partial charge in [-0.2, -0.15) is 0 Å². The standard InChI is InChI=1S/C12H16ClN3O2/c13-9-5-8(6-14)1-2-10(9)16-3-4-18-7-11(16)12(15)17/h1-2,5,11H,3-4,6-7,14H2,(H2,15,17). The third-order valence-electron chi connectivity index (χ3n) is 3.01. The van der Waals surface area contributed by atoms with E-state index in [0.717, 1.165) is 11.3 Å². The normalized spacial score (nSPS) is 19.9. The summed E-state index contributed by atoms with van der Waals surface area (Å²) in [5, 5.41) is 0.575. The molecule has 4 N–H and O–H groups in total. The Bertz CT molecular complexity index is 453. The lowest BCUT2D eigenvalue weighted by Crippen LogP contribution is -2.52. The van der Waals surface area contributed by atoms with Crippen LogP contribution >= 0.6 is 11.6 Å². The maximum Gasteiger partial charge on any atom is 0.242 e. The predicted octanol–water partition coefficient (Wildman–Crippen LogP) is 0.489. The van der Waals surface area contributed by atoms with Crippen molar-refractivity contribution in [1.29, 1.82) is 0 Å². The van der Waals surface area contributed by atoms with Crippen LogP contribution in [0.25, 0.3) is 0 Å². The second-order valence-corrected chi connectivity index (χ2v) is 4.58. The summed E-state index contributed by atoms with van der Waals surface area (Å²) in [7, 11) is 0. The van der Waals surface area contributed by atoms with Crippen LogP contribution in [0.4, 0.5) is 5.69 Å². The van der Waals surface area contributed by atoms with E-state index in [0.29, 0.717) is 31.3 Å². The van der Waals surface area contributed by atoms with Crippen LogP contribution in [-0.2, 0) is 16.1 Å². The Hall–Kier alpha value is -1.30. The molecule has 0 saturated carbocycles. The number of hydrogen-bond donors (Lipinski definition) is 2. The first-order chi connectivity index (χ1) is 8.63. The van der Waals surface area contributed by atoms with Crippen LogP contribution in [0.2, 0.25) is 5.02 Å². The highest BCUT2D eigenvalue weighted by atomic mass is 35.5. The van der Waals surface area contributed by atoms with Crippen molar-refractivity contribution in [1.82, 2.24) is 0 Å². The third-order valence-corrected chi connectivity index (χ3v) is 3.32. The van der Waals surface area contributed by atoms with Gasteiger partial charge in [0.15, 0.2) is 0 Å². The van der Waals surface area contributed by atoms with Gasteiger partial charge < -0.3 is 21.1 Å². The Balaban J connectivity index is 2.31. The maximum absolute atomic E-state index is 11.4. The number of ether oxygens (including phenoxy) is 1. The van der Waals surface area contributed by atoms with Gasteiger partial charge in [-0.05, 0) is 17.7 Å². The fourth-order valence-electron chi connectivity index (χ4n) is 2.04. The van der Waals surface area contributed by atoms with Crippen molar-refractivity contribution in [3.63, 3.8) is 0 Å². The summed E-state index contributed by atoms with van der Waals surface area (Å²) in [6.45, 7) is 1.88. The Morgan fingerprint density at radius 2 is 2.33 bits per heavy atom. The number of primary amides is 1. The molecule has 1 amide bonds. The van der Waals surface area contributed by atoms with Crippen LogP contribution in [0.5, 0.6) is 0 Å². The van der Waals surface area contributed by atoms with Crippen LogP contribution in [0.3, 0.4) is 0 Å². The van der Waals surface area contributed by atoms with E-state index >= 15 is 0 Å². The largest absolute Gasteiger partial charge is 0.377 e. The fraction of sp³-hybridized carbons (Fsp3) is 0.417. The van der Waals surface area contributed by atoms with E-state index < -0.39 is 11.9 Å². The molecule has 1 aliphatic rings. The third kappa shape index (κ3) is 2.58. The summed E-state index contributed by atoms with van der Waals surface area (Å²) >= 11 is 6.22. The number of rotatable bonds is 3. The van der Waals surface area contributed by atoms with E-state index in [1.807, 2.05) is 23.1 Å². The number of carbonyl (C=O) groups is 1. The van der Waals surface area contributed by atoms with Gasteiger partial charge in [-0.25, -0.2) is 0 Å². The van der Waals surface area contributed by atoms with E-state index in [-0.39, 0.29) is 0 Å². The fourth-order valence-corrected chi connectivity index (χ4v) is 2.35. The van der Waals surface area contributed by atoms with Gasteiger partial charge in [0.2, 0.25) is 5.91 Å². The second-order valence-electron chi connectivity index (χ2n) is 4.18. The number of amides is 1. The summed E-state index contributed by atoms with van der Waals surface area (Å²) in [6.07, 6.45) is 0. The number of halogens is 1. The summed E-state index contributed by atoms with van der Waals surface area (Å²) in [6, 6.07) is 5.10. The molecule has 0 aliphatic carbocycles.